The van der Waals surface area contributed by atoms with Crippen LogP contribution < -0.4 is 9.80 Å². The fourth-order valence-corrected chi connectivity index (χ4v) is 12.9. The molecule has 2 nitrogen and oxygen atoms in total. The van der Waals surface area contributed by atoms with Crippen LogP contribution in [-0.4, -0.2) is 0 Å². The van der Waals surface area contributed by atoms with Crippen molar-refractivity contribution >= 4 is 152 Å². The van der Waals surface area contributed by atoms with Gasteiger partial charge in [0.05, 0.1) is 11.4 Å². The number of hydrogen-bond donors (Lipinski definition) is 0. The van der Waals surface area contributed by atoms with Crippen LogP contribution >= 0.6 is 45.3 Å². The first-order valence-electron chi connectivity index (χ1n) is 21.3. The topological polar surface area (TPSA) is 6.48 Å². The molecule has 4 heterocycles. The maximum atomic E-state index is 2.53. The van der Waals surface area contributed by atoms with Crippen molar-refractivity contribution in [2.75, 3.05) is 9.80 Å². The van der Waals surface area contributed by atoms with Gasteiger partial charge in [-0.05, 0) is 196 Å². The second kappa shape index (κ2) is 13.9. The summed E-state index contributed by atoms with van der Waals surface area (Å²) in [5, 5.41) is 21.7. The van der Waals surface area contributed by atoms with Crippen molar-refractivity contribution in [2.24, 2.45) is 0 Å². The van der Waals surface area contributed by atoms with Crippen molar-refractivity contribution in [1.82, 2.24) is 0 Å². The molecule has 12 aromatic rings. The molecule has 0 aliphatic rings. The van der Waals surface area contributed by atoms with E-state index >= 15 is 0 Å². The number of rotatable bonds is 6. The number of fused-ring (bicyclic) bond motifs is 4. The quantitative estimate of drug-likeness (QED) is 0.154. The van der Waals surface area contributed by atoms with Crippen LogP contribution in [0, 0.1) is 0 Å². The Kier molecular flexibility index (Phi) is 8.49. The van der Waals surface area contributed by atoms with Crippen LogP contribution in [0.15, 0.2) is 155 Å². The highest BCUT2D eigenvalue weighted by molar-refractivity contribution is 7.18. The molecular weight excluding hydrogens is 829 g/mol. The zero-order valence-electron chi connectivity index (χ0n) is 35.5. The third-order valence-corrected chi connectivity index (χ3v) is 16.3. The van der Waals surface area contributed by atoms with Crippen molar-refractivity contribution in [2.45, 2.75) is 52.4 Å². The van der Waals surface area contributed by atoms with Gasteiger partial charge in [0.15, 0.2) is 0 Å². The molecule has 62 heavy (non-hydrogen) atoms. The van der Waals surface area contributed by atoms with E-state index in [1.54, 1.807) is 45.3 Å². The molecule has 0 aliphatic carbocycles. The van der Waals surface area contributed by atoms with Gasteiger partial charge in [0.25, 0.3) is 0 Å². The van der Waals surface area contributed by atoms with Crippen molar-refractivity contribution in [3.63, 3.8) is 0 Å². The minimum Gasteiger partial charge on any atom is -0.310 e. The average molecular weight is 873 g/mol. The molecule has 0 aliphatic heterocycles. The van der Waals surface area contributed by atoms with E-state index in [0.717, 1.165) is 22.7 Å². The standard InChI is InChI=1S/C56H44N2S4/c1-55(2,3)45-31-47(57(37-7-15-49-33(27-37)19-23-59-49)38-8-16-50-34(28-38)20-24-60-50)43-14-12-42-46(56(4,5)6)32-48(44-13-11-41(45)53(43)54(42)44)58(39-9-17-51-35(29-39)21-25-61-51)40-10-18-52-36(30-40)22-26-62-52/h7-32H,1-6H3. The zero-order chi connectivity index (χ0) is 42.1. The Bertz CT molecular complexity index is 3300. The summed E-state index contributed by atoms with van der Waals surface area (Å²) in [6.45, 7) is 14.2. The third kappa shape index (κ3) is 5.99. The fraction of sp³-hybridized carbons (Fsp3) is 0.143. The van der Waals surface area contributed by atoms with Crippen LogP contribution in [0.2, 0.25) is 0 Å². The Labute approximate surface area is 377 Å². The number of nitrogens with zero attached hydrogens (tertiary/aromatic N) is 2. The van der Waals surface area contributed by atoms with Gasteiger partial charge in [-0.15, -0.1) is 45.3 Å². The second-order valence-corrected chi connectivity index (χ2v) is 22.5. The van der Waals surface area contributed by atoms with E-state index in [2.05, 4.69) is 206 Å². The fourth-order valence-electron chi connectivity index (χ4n) is 9.79. The predicted octanol–water partition coefficient (Wildman–Crippen LogP) is 19.0. The third-order valence-electron chi connectivity index (χ3n) is 12.7. The molecule has 0 N–H and O–H groups in total. The first-order valence-corrected chi connectivity index (χ1v) is 24.8. The van der Waals surface area contributed by atoms with Crippen LogP contribution in [-0.2, 0) is 10.8 Å². The van der Waals surface area contributed by atoms with Gasteiger partial charge in [-0.2, -0.15) is 0 Å². The molecule has 0 unspecified atom stereocenters. The summed E-state index contributed by atoms with van der Waals surface area (Å²) in [7, 11) is 0. The van der Waals surface area contributed by atoms with Gasteiger partial charge >= 0.3 is 0 Å². The summed E-state index contributed by atoms with van der Waals surface area (Å²) in [6, 6.07) is 51.6. The molecule has 0 fully saturated rings. The minimum atomic E-state index is -0.134. The van der Waals surface area contributed by atoms with Gasteiger partial charge in [-0.3, -0.25) is 0 Å². The Hall–Kier alpha value is -5.76. The molecule has 4 aromatic heterocycles. The summed E-state index contributed by atoms with van der Waals surface area (Å²) in [6.07, 6.45) is 0. The normalized spacial score (nSPS) is 12.7. The zero-order valence-corrected chi connectivity index (χ0v) is 38.8. The Morgan fingerprint density at radius 1 is 0.323 bits per heavy atom. The molecule has 0 spiro atoms. The highest BCUT2D eigenvalue weighted by Gasteiger charge is 2.30. The van der Waals surface area contributed by atoms with Gasteiger partial charge in [-0.25, -0.2) is 0 Å². The molecule has 0 bridgehead atoms. The monoisotopic (exact) mass is 872 g/mol. The minimum absolute atomic E-state index is 0.134. The summed E-state index contributed by atoms with van der Waals surface area (Å²) in [5.74, 6) is 0. The van der Waals surface area contributed by atoms with E-state index in [9.17, 15) is 0 Å². The van der Waals surface area contributed by atoms with E-state index in [1.807, 2.05) is 0 Å². The van der Waals surface area contributed by atoms with Crippen LogP contribution in [0.5, 0.6) is 0 Å². The smallest absolute Gasteiger partial charge is 0.0543 e. The summed E-state index contributed by atoms with van der Waals surface area (Å²) in [5.41, 5.74) is 9.47. The van der Waals surface area contributed by atoms with Gasteiger partial charge in [-0.1, -0.05) is 65.8 Å². The highest BCUT2D eigenvalue weighted by Crippen LogP contribution is 2.53. The molecule has 0 radical (unpaired) electrons. The van der Waals surface area contributed by atoms with Crippen LogP contribution in [0.3, 0.4) is 0 Å². The van der Waals surface area contributed by atoms with Crippen molar-refractivity contribution in [3.8, 4) is 0 Å². The highest BCUT2D eigenvalue weighted by atomic mass is 32.1. The molecule has 12 rings (SSSR count). The lowest BCUT2D eigenvalue weighted by atomic mass is 9.77. The molecule has 302 valence electrons. The SMILES string of the molecule is CC(C)(C)c1cc(N(c2ccc3sccc3c2)c2ccc3sccc3c2)c2ccc3c(C(C)(C)C)cc(N(c4ccc5sccc5c4)c4ccc5sccc5c4)c4ccc1c2c43. The molecule has 8 aromatic carbocycles. The molecule has 0 saturated heterocycles. The lowest BCUT2D eigenvalue weighted by molar-refractivity contribution is 0.595. The Balaban J connectivity index is 1.22. The van der Waals surface area contributed by atoms with Crippen LogP contribution in [0.1, 0.15) is 52.7 Å². The van der Waals surface area contributed by atoms with E-state index in [4.69, 9.17) is 0 Å². The second-order valence-electron chi connectivity index (χ2n) is 18.7. The van der Waals surface area contributed by atoms with Gasteiger partial charge < -0.3 is 9.80 Å². The maximum absolute atomic E-state index is 2.53. The first-order chi connectivity index (χ1) is 30.0. The largest absolute Gasteiger partial charge is 0.310 e. The number of benzene rings is 8. The van der Waals surface area contributed by atoms with Crippen LogP contribution in [0.4, 0.5) is 34.1 Å². The summed E-state index contributed by atoms with van der Waals surface area (Å²) in [4.78, 5) is 5.05. The van der Waals surface area contributed by atoms with E-state index < -0.39 is 0 Å². The van der Waals surface area contributed by atoms with Gasteiger partial charge in [0, 0.05) is 52.3 Å². The molecule has 0 saturated carbocycles. The average Bonchev–Trinajstić information content (AvgIpc) is 4.10. The molecule has 0 amide bonds. The lowest BCUT2D eigenvalue weighted by Crippen LogP contribution is -2.17. The predicted molar refractivity (Wildman–Crippen MR) is 278 cm³/mol. The maximum Gasteiger partial charge on any atom is 0.0543 e. The molecule has 6 heteroatoms. The summed E-state index contributed by atoms with van der Waals surface area (Å²) < 4.78 is 5.21. The molecular formula is C56H44N2S4. The van der Waals surface area contributed by atoms with Crippen molar-refractivity contribution in [3.05, 3.63) is 166 Å². The summed E-state index contributed by atoms with van der Waals surface area (Å²) >= 11 is 7.20. The Morgan fingerprint density at radius 3 is 0.903 bits per heavy atom. The van der Waals surface area contributed by atoms with Gasteiger partial charge in [0.2, 0.25) is 0 Å². The van der Waals surface area contributed by atoms with Crippen LogP contribution in [0.25, 0.3) is 72.7 Å². The number of thiophene rings is 4. The van der Waals surface area contributed by atoms with Crippen molar-refractivity contribution in [1.29, 1.82) is 0 Å². The number of anilines is 6. The molecule has 0 atom stereocenters. The Morgan fingerprint density at radius 2 is 0.613 bits per heavy atom. The van der Waals surface area contributed by atoms with E-state index in [0.29, 0.717) is 0 Å². The van der Waals surface area contributed by atoms with Crippen molar-refractivity contribution < 1.29 is 0 Å². The number of hydrogen-bond acceptors (Lipinski definition) is 6. The lowest BCUT2D eigenvalue weighted by Gasteiger charge is -2.34. The van der Waals surface area contributed by atoms with Gasteiger partial charge in [0.1, 0.15) is 0 Å². The van der Waals surface area contributed by atoms with E-state index in [1.165, 1.54) is 95.2 Å². The first kappa shape index (κ1) is 38.0. The van der Waals surface area contributed by atoms with E-state index in [-0.39, 0.29) is 10.8 Å².